The van der Waals surface area contributed by atoms with Crippen molar-refractivity contribution < 1.29 is 18.0 Å². The number of rotatable bonds is 5. The van der Waals surface area contributed by atoms with Gasteiger partial charge in [-0.05, 0) is 48.6 Å². The Hall–Kier alpha value is -2.50. The van der Waals surface area contributed by atoms with Crippen molar-refractivity contribution in [3.05, 3.63) is 64.7 Å². The highest BCUT2D eigenvalue weighted by atomic mass is 19.4. The molecule has 0 aliphatic heterocycles. The quantitative estimate of drug-likeness (QED) is 0.779. The zero-order valence-corrected chi connectivity index (χ0v) is 14.2. The van der Waals surface area contributed by atoms with Gasteiger partial charge >= 0.3 is 6.18 Å². The van der Waals surface area contributed by atoms with Gasteiger partial charge in [-0.3, -0.25) is 4.79 Å². The van der Waals surface area contributed by atoms with E-state index in [1.54, 1.807) is 24.3 Å². The Bertz CT molecular complexity index is 757. The van der Waals surface area contributed by atoms with Gasteiger partial charge in [0.15, 0.2) is 0 Å². The van der Waals surface area contributed by atoms with Crippen molar-refractivity contribution in [2.45, 2.75) is 32.4 Å². The molecule has 3 nitrogen and oxygen atoms in total. The summed E-state index contributed by atoms with van der Waals surface area (Å²) in [4.78, 5) is 12.2. The zero-order valence-electron chi connectivity index (χ0n) is 14.2. The molecule has 0 heterocycles. The number of nitrogens with two attached hydrogens (primary N) is 1. The standard InChI is InChI=1S/C19H21F3N2O/c1-12(14-4-3-5-15(10-14)19(20,21)22)8-9-24-18(25)17-11-16(23)7-6-13(17)2/h3-7,10-12H,8-9,23H2,1-2H3,(H,24,25). The summed E-state index contributed by atoms with van der Waals surface area (Å²) in [7, 11) is 0. The minimum absolute atomic E-state index is 0.107. The van der Waals surface area contributed by atoms with Gasteiger partial charge in [0.2, 0.25) is 0 Å². The Morgan fingerprint density at radius 3 is 2.60 bits per heavy atom. The topological polar surface area (TPSA) is 55.1 Å². The third kappa shape index (κ3) is 4.98. The summed E-state index contributed by atoms with van der Waals surface area (Å²) in [5.74, 6) is -0.342. The molecule has 0 aliphatic carbocycles. The van der Waals surface area contributed by atoms with Crippen molar-refractivity contribution in [2.24, 2.45) is 0 Å². The second-order valence-corrected chi connectivity index (χ2v) is 6.14. The number of nitrogen functional groups attached to an aromatic ring is 1. The third-order valence-corrected chi connectivity index (χ3v) is 4.15. The molecular weight excluding hydrogens is 329 g/mol. The molecular formula is C19H21F3N2O. The van der Waals surface area contributed by atoms with E-state index in [0.29, 0.717) is 29.8 Å². The number of aryl methyl sites for hydroxylation is 1. The number of anilines is 1. The molecule has 1 amide bonds. The second kappa shape index (κ2) is 7.59. The monoisotopic (exact) mass is 350 g/mol. The Labute approximate surface area is 145 Å². The molecule has 0 spiro atoms. The van der Waals surface area contributed by atoms with Crippen LogP contribution in [0.25, 0.3) is 0 Å². The summed E-state index contributed by atoms with van der Waals surface area (Å²) >= 11 is 0. The van der Waals surface area contributed by atoms with Crippen molar-refractivity contribution in [1.82, 2.24) is 5.32 Å². The lowest BCUT2D eigenvalue weighted by Gasteiger charge is -2.15. The molecule has 25 heavy (non-hydrogen) atoms. The highest BCUT2D eigenvalue weighted by Crippen LogP contribution is 2.31. The van der Waals surface area contributed by atoms with Crippen LogP contribution in [0.15, 0.2) is 42.5 Å². The summed E-state index contributed by atoms with van der Waals surface area (Å²) in [6.45, 7) is 4.03. The molecule has 0 saturated carbocycles. The van der Waals surface area contributed by atoms with Crippen molar-refractivity contribution in [2.75, 3.05) is 12.3 Å². The first-order chi connectivity index (χ1) is 11.7. The largest absolute Gasteiger partial charge is 0.416 e. The van der Waals surface area contributed by atoms with E-state index in [4.69, 9.17) is 5.73 Å². The first kappa shape index (κ1) is 18.8. The van der Waals surface area contributed by atoms with Crippen LogP contribution in [0.1, 0.15) is 46.3 Å². The molecule has 134 valence electrons. The van der Waals surface area contributed by atoms with Crippen LogP contribution in [-0.2, 0) is 6.18 Å². The summed E-state index contributed by atoms with van der Waals surface area (Å²) in [6, 6.07) is 10.4. The number of nitrogens with one attached hydrogen (secondary N) is 1. The van der Waals surface area contributed by atoms with Crippen molar-refractivity contribution in [3.8, 4) is 0 Å². The van der Waals surface area contributed by atoms with Crippen LogP contribution in [-0.4, -0.2) is 12.5 Å². The van der Waals surface area contributed by atoms with Crippen LogP contribution in [0, 0.1) is 6.92 Å². The molecule has 0 radical (unpaired) electrons. The third-order valence-electron chi connectivity index (χ3n) is 4.15. The molecule has 2 aromatic rings. The van der Waals surface area contributed by atoms with Gasteiger partial charge in [0, 0.05) is 17.8 Å². The molecule has 0 fully saturated rings. The molecule has 2 rings (SSSR count). The number of carbonyl (C=O) groups is 1. The summed E-state index contributed by atoms with van der Waals surface area (Å²) in [6.07, 6.45) is -3.82. The minimum atomic E-state index is -4.35. The average molecular weight is 350 g/mol. The van der Waals surface area contributed by atoms with E-state index in [-0.39, 0.29) is 11.8 Å². The highest BCUT2D eigenvalue weighted by molar-refractivity contribution is 5.96. The summed E-state index contributed by atoms with van der Waals surface area (Å²) in [5.41, 5.74) is 7.47. The molecule has 6 heteroatoms. The maximum absolute atomic E-state index is 12.8. The summed E-state index contributed by atoms with van der Waals surface area (Å²) < 4.78 is 38.3. The predicted octanol–water partition coefficient (Wildman–Crippen LogP) is 4.52. The minimum Gasteiger partial charge on any atom is -0.399 e. The molecule has 0 aliphatic rings. The normalized spacial score (nSPS) is 12.7. The molecule has 2 aromatic carbocycles. The molecule has 0 bridgehead atoms. The number of alkyl halides is 3. The van der Waals surface area contributed by atoms with Crippen LogP contribution >= 0.6 is 0 Å². The van der Waals surface area contributed by atoms with E-state index >= 15 is 0 Å². The maximum atomic E-state index is 12.8. The van der Waals surface area contributed by atoms with E-state index in [2.05, 4.69) is 5.32 Å². The fraction of sp³-hybridized carbons (Fsp3) is 0.316. The Morgan fingerprint density at radius 1 is 1.20 bits per heavy atom. The lowest BCUT2D eigenvalue weighted by atomic mass is 9.96. The Balaban J connectivity index is 1.95. The number of hydrogen-bond acceptors (Lipinski definition) is 2. The van der Waals surface area contributed by atoms with Gasteiger partial charge in [-0.1, -0.05) is 31.2 Å². The number of hydrogen-bond donors (Lipinski definition) is 2. The van der Waals surface area contributed by atoms with Crippen LogP contribution < -0.4 is 11.1 Å². The van der Waals surface area contributed by atoms with Crippen LogP contribution in [0.4, 0.5) is 18.9 Å². The second-order valence-electron chi connectivity index (χ2n) is 6.14. The molecule has 0 aromatic heterocycles. The van der Waals surface area contributed by atoms with Crippen LogP contribution in [0.5, 0.6) is 0 Å². The van der Waals surface area contributed by atoms with Gasteiger partial charge in [0.1, 0.15) is 0 Å². The molecule has 1 atom stereocenters. The summed E-state index contributed by atoms with van der Waals surface area (Å²) in [5, 5.41) is 2.80. The predicted molar refractivity (Wildman–Crippen MR) is 92.4 cm³/mol. The van der Waals surface area contributed by atoms with Gasteiger partial charge in [0.05, 0.1) is 5.56 Å². The van der Waals surface area contributed by atoms with Crippen molar-refractivity contribution in [1.29, 1.82) is 0 Å². The lowest BCUT2D eigenvalue weighted by Crippen LogP contribution is -2.26. The van der Waals surface area contributed by atoms with E-state index in [9.17, 15) is 18.0 Å². The molecule has 1 unspecified atom stereocenters. The van der Waals surface area contributed by atoms with E-state index in [1.165, 1.54) is 6.07 Å². The fourth-order valence-electron chi connectivity index (χ4n) is 2.57. The van der Waals surface area contributed by atoms with Crippen LogP contribution in [0.2, 0.25) is 0 Å². The number of amides is 1. The van der Waals surface area contributed by atoms with Gasteiger partial charge in [-0.25, -0.2) is 0 Å². The van der Waals surface area contributed by atoms with Gasteiger partial charge in [-0.15, -0.1) is 0 Å². The lowest BCUT2D eigenvalue weighted by molar-refractivity contribution is -0.137. The number of halogens is 3. The average Bonchev–Trinajstić information content (AvgIpc) is 2.56. The van der Waals surface area contributed by atoms with Gasteiger partial charge in [0.25, 0.3) is 5.91 Å². The molecule has 3 N–H and O–H groups in total. The highest BCUT2D eigenvalue weighted by Gasteiger charge is 2.30. The van der Waals surface area contributed by atoms with E-state index < -0.39 is 11.7 Å². The van der Waals surface area contributed by atoms with Crippen LogP contribution in [0.3, 0.4) is 0 Å². The number of benzene rings is 2. The Kier molecular flexibility index (Phi) is 5.72. The van der Waals surface area contributed by atoms with Gasteiger partial charge in [-0.2, -0.15) is 13.2 Å². The van der Waals surface area contributed by atoms with E-state index in [1.807, 2.05) is 13.8 Å². The molecule has 0 saturated heterocycles. The first-order valence-corrected chi connectivity index (χ1v) is 8.00. The smallest absolute Gasteiger partial charge is 0.399 e. The fourth-order valence-corrected chi connectivity index (χ4v) is 2.57. The number of carbonyl (C=O) groups excluding carboxylic acids is 1. The first-order valence-electron chi connectivity index (χ1n) is 8.00. The zero-order chi connectivity index (χ0) is 18.6. The Morgan fingerprint density at radius 2 is 1.92 bits per heavy atom. The van der Waals surface area contributed by atoms with Crippen molar-refractivity contribution in [3.63, 3.8) is 0 Å². The SMILES string of the molecule is Cc1ccc(N)cc1C(=O)NCCC(C)c1cccc(C(F)(F)F)c1. The maximum Gasteiger partial charge on any atom is 0.416 e. The van der Waals surface area contributed by atoms with Crippen molar-refractivity contribution >= 4 is 11.6 Å². The van der Waals surface area contributed by atoms with Gasteiger partial charge < -0.3 is 11.1 Å². The van der Waals surface area contributed by atoms with E-state index in [0.717, 1.165) is 17.7 Å².